The normalized spacial score (nSPS) is 11.1. The molecule has 0 saturated heterocycles. The van der Waals surface area contributed by atoms with Gasteiger partial charge in [0.25, 0.3) is 5.91 Å². The Morgan fingerprint density at radius 2 is 1.89 bits per heavy atom. The van der Waals surface area contributed by atoms with Crippen molar-refractivity contribution in [1.82, 2.24) is 19.8 Å². The number of amides is 1. The highest BCUT2D eigenvalue weighted by Crippen LogP contribution is 2.17. The van der Waals surface area contributed by atoms with E-state index in [9.17, 15) is 4.79 Å². The minimum atomic E-state index is -0.0853. The summed E-state index contributed by atoms with van der Waals surface area (Å²) in [5, 5.41) is 2.99. The van der Waals surface area contributed by atoms with Crippen molar-refractivity contribution in [2.45, 2.75) is 19.4 Å². The van der Waals surface area contributed by atoms with Crippen LogP contribution in [0.4, 0.5) is 0 Å². The van der Waals surface area contributed by atoms with Gasteiger partial charge in [0.1, 0.15) is 11.6 Å². The van der Waals surface area contributed by atoms with Gasteiger partial charge in [-0.15, -0.1) is 0 Å². The Hall–Kier alpha value is -2.86. The van der Waals surface area contributed by atoms with Crippen LogP contribution in [-0.2, 0) is 13.0 Å². The van der Waals surface area contributed by atoms with Crippen LogP contribution in [-0.4, -0.2) is 54.7 Å². The molecule has 3 rings (SSSR count). The first-order chi connectivity index (χ1) is 13.6. The fourth-order valence-electron chi connectivity index (χ4n) is 3.24. The molecule has 0 aliphatic heterocycles. The minimum Gasteiger partial charge on any atom is -0.497 e. The number of ether oxygens (including phenoxy) is 1. The summed E-state index contributed by atoms with van der Waals surface area (Å²) in [4.78, 5) is 19.3. The maximum Gasteiger partial charge on any atom is 0.251 e. The van der Waals surface area contributed by atoms with Crippen molar-refractivity contribution in [3.63, 3.8) is 0 Å². The molecule has 2 aromatic carbocycles. The van der Waals surface area contributed by atoms with Crippen LogP contribution in [0, 0.1) is 0 Å². The highest BCUT2D eigenvalue weighted by Gasteiger charge is 2.11. The van der Waals surface area contributed by atoms with E-state index in [0.29, 0.717) is 18.5 Å². The zero-order chi connectivity index (χ0) is 19.9. The first kappa shape index (κ1) is 19.9. The Labute approximate surface area is 166 Å². The lowest BCUT2D eigenvalue weighted by Gasteiger charge is -2.13. The monoisotopic (exact) mass is 380 g/mol. The van der Waals surface area contributed by atoms with Gasteiger partial charge in [0.05, 0.1) is 18.1 Å². The quantitative estimate of drug-likeness (QED) is 0.620. The molecule has 3 aromatic rings. The van der Waals surface area contributed by atoms with Gasteiger partial charge >= 0.3 is 0 Å². The molecule has 0 radical (unpaired) electrons. The van der Waals surface area contributed by atoms with E-state index in [4.69, 9.17) is 9.72 Å². The lowest BCUT2D eigenvalue weighted by Crippen LogP contribution is -2.26. The molecule has 1 amide bonds. The number of aromatic nitrogens is 2. The number of para-hydroxylation sites is 2. The molecule has 1 N–H and O–H groups in total. The molecule has 0 aliphatic rings. The van der Waals surface area contributed by atoms with E-state index in [0.717, 1.165) is 42.1 Å². The molecule has 148 valence electrons. The predicted octanol–water partition coefficient (Wildman–Crippen LogP) is 2.97. The molecule has 0 fully saturated rings. The second-order valence-electron chi connectivity index (χ2n) is 7.06. The molecule has 0 aliphatic carbocycles. The van der Waals surface area contributed by atoms with E-state index in [1.54, 1.807) is 31.4 Å². The minimum absolute atomic E-state index is 0.0853. The number of carbonyl (C=O) groups excluding carboxylic acids is 1. The van der Waals surface area contributed by atoms with Crippen LogP contribution in [0.25, 0.3) is 11.0 Å². The molecule has 0 unspecified atom stereocenters. The van der Waals surface area contributed by atoms with Crippen molar-refractivity contribution in [3.05, 3.63) is 59.9 Å². The summed E-state index contributed by atoms with van der Waals surface area (Å²) in [6.45, 7) is 2.49. The van der Waals surface area contributed by atoms with Gasteiger partial charge in [-0.1, -0.05) is 12.1 Å². The number of hydrogen-bond acceptors (Lipinski definition) is 4. The summed E-state index contributed by atoms with van der Waals surface area (Å²) in [5.74, 6) is 1.66. The second kappa shape index (κ2) is 9.37. The largest absolute Gasteiger partial charge is 0.497 e. The van der Waals surface area contributed by atoms with Crippen molar-refractivity contribution in [3.8, 4) is 5.75 Å². The summed E-state index contributed by atoms with van der Waals surface area (Å²) >= 11 is 0. The zero-order valence-electron chi connectivity index (χ0n) is 16.8. The molecule has 0 bridgehead atoms. The molecule has 1 heterocycles. The first-order valence-corrected chi connectivity index (χ1v) is 9.59. The number of benzene rings is 2. The molecular weight excluding hydrogens is 352 g/mol. The van der Waals surface area contributed by atoms with Crippen LogP contribution in [0.5, 0.6) is 5.75 Å². The fourth-order valence-corrected chi connectivity index (χ4v) is 3.24. The maximum absolute atomic E-state index is 12.4. The third-order valence-corrected chi connectivity index (χ3v) is 4.71. The number of imidazole rings is 1. The predicted molar refractivity (Wildman–Crippen MR) is 112 cm³/mol. The number of methoxy groups -OCH3 is 1. The first-order valence-electron chi connectivity index (χ1n) is 9.59. The number of rotatable bonds is 9. The second-order valence-corrected chi connectivity index (χ2v) is 7.06. The fraction of sp³-hybridized carbons (Fsp3) is 0.364. The third-order valence-electron chi connectivity index (χ3n) is 4.71. The summed E-state index contributed by atoms with van der Waals surface area (Å²) in [6, 6.07) is 15.3. The molecule has 1 aromatic heterocycles. The Morgan fingerprint density at radius 1 is 1.14 bits per heavy atom. The molecule has 6 heteroatoms. The number of fused-ring (bicyclic) bond motifs is 1. The van der Waals surface area contributed by atoms with Gasteiger partial charge in [-0.05, 0) is 63.5 Å². The van der Waals surface area contributed by atoms with Crippen LogP contribution in [0.2, 0.25) is 0 Å². The van der Waals surface area contributed by atoms with Crippen LogP contribution in [0.3, 0.4) is 0 Å². The van der Waals surface area contributed by atoms with Gasteiger partial charge in [-0.2, -0.15) is 0 Å². The van der Waals surface area contributed by atoms with Gasteiger partial charge in [0.15, 0.2) is 0 Å². The van der Waals surface area contributed by atoms with Crippen LogP contribution in [0.15, 0.2) is 48.5 Å². The van der Waals surface area contributed by atoms with E-state index >= 15 is 0 Å². The zero-order valence-corrected chi connectivity index (χ0v) is 16.8. The highest BCUT2D eigenvalue weighted by molar-refractivity contribution is 5.94. The van der Waals surface area contributed by atoms with Crippen molar-refractivity contribution in [1.29, 1.82) is 0 Å². The molecule has 28 heavy (non-hydrogen) atoms. The number of nitrogens with zero attached hydrogens (tertiary/aromatic N) is 3. The number of nitrogens with one attached hydrogen (secondary N) is 1. The van der Waals surface area contributed by atoms with E-state index in [-0.39, 0.29) is 5.91 Å². The van der Waals surface area contributed by atoms with E-state index in [1.807, 2.05) is 18.2 Å². The van der Waals surface area contributed by atoms with Crippen molar-refractivity contribution in [2.24, 2.45) is 0 Å². The van der Waals surface area contributed by atoms with Crippen LogP contribution in [0.1, 0.15) is 22.6 Å². The molecule has 0 saturated carbocycles. The number of aryl methyl sites for hydroxylation is 1. The van der Waals surface area contributed by atoms with Gasteiger partial charge in [-0.25, -0.2) is 4.98 Å². The van der Waals surface area contributed by atoms with Gasteiger partial charge in [0, 0.05) is 25.1 Å². The Balaban J connectivity index is 1.64. The smallest absolute Gasteiger partial charge is 0.251 e. The van der Waals surface area contributed by atoms with Gasteiger partial charge < -0.3 is 19.5 Å². The summed E-state index contributed by atoms with van der Waals surface area (Å²) in [7, 11) is 5.78. The lowest BCUT2D eigenvalue weighted by molar-refractivity contribution is 0.0954. The average Bonchev–Trinajstić information content (AvgIpc) is 3.05. The summed E-state index contributed by atoms with van der Waals surface area (Å²) in [6.07, 6.45) is 1.75. The molecule has 6 nitrogen and oxygen atoms in total. The van der Waals surface area contributed by atoms with Gasteiger partial charge in [-0.3, -0.25) is 4.79 Å². The lowest BCUT2D eigenvalue weighted by atomic mass is 10.2. The number of hydrogen-bond donors (Lipinski definition) is 1. The van der Waals surface area contributed by atoms with Crippen molar-refractivity contribution >= 4 is 16.9 Å². The molecular formula is C22H28N4O2. The van der Waals surface area contributed by atoms with E-state index < -0.39 is 0 Å². The molecule has 0 spiro atoms. The van der Waals surface area contributed by atoms with E-state index in [2.05, 4.69) is 34.9 Å². The Morgan fingerprint density at radius 3 is 2.61 bits per heavy atom. The average molecular weight is 380 g/mol. The molecule has 0 atom stereocenters. The Bertz CT molecular complexity index is 916. The van der Waals surface area contributed by atoms with Crippen LogP contribution >= 0.6 is 0 Å². The number of carbonyl (C=O) groups is 1. The highest BCUT2D eigenvalue weighted by atomic mass is 16.5. The topological polar surface area (TPSA) is 59.4 Å². The third kappa shape index (κ3) is 4.89. The standard InChI is InChI=1S/C22H28N4O2/c1-25(2)15-6-16-26-20-8-5-4-7-19(20)24-21(26)13-14-23-22(27)17-9-11-18(28-3)12-10-17/h4-5,7-12H,6,13-16H2,1-3H3,(H,23,27). The Kier molecular flexibility index (Phi) is 6.66. The summed E-state index contributed by atoms with van der Waals surface area (Å²) < 4.78 is 7.41. The van der Waals surface area contributed by atoms with Crippen LogP contribution < -0.4 is 10.1 Å². The van der Waals surface area contributed by atoms with E-state index in [1.165, 1.54) is 0 Å². The van der Waals surface area contributed by atoms with Crippen molar-refractivity contribution in [2.75, 3.05) is 34.3 Å². The van der Waals surface area contributed by atoms with Crippen molar-refractivity contribution < 1.29 is 9.53 Å². The summed E-state index contributed by atoms with van der Waals surface area (Å²) in [5.41, 5.74) is 2.78. The SMILES string of the molecule is COc1ccc(C(=O)NCCc2nc3ccccc3n2CCCN(C)C)cc1. The maximum atomic E-state index is 12.4. The van der Waals surface area contributed by atoms with Gasteiger partial charge in [0.2, 0.25) is 0 Å².